The number of rotatable bonds is 4. The van der Waals surface area contributed by atoms with E-state index < -0.39 is 5.60 Å². The van der Waals surface area contributed by atoms with Crippen molar-refractivity contribution in [3.8, 4) is 0 Å². The van der Waals surface area contributed by atoms with Crippen molar-refractivity contribution in [2.45, 2.75) is 81.4 Å². The van der Waals surface area contributed by atoms with Gasteiger partial charge in [-0.2, -0.15) is 0 Å². The summed E-state index contributed by atoms with van der Waals surface area (Å²) < 4.78 is 6.17. The van der Waals surface area contributed by atoms with Gasteiger partial charge in [0, 0.05) is 11.2 Å². The lowest BCUT2D eigenvalue weighted by atomic mass is 9.61. The molecule has 2 saturated heterocycles. The first-order valence-corrected chi connectivity index (χ1v) is 9.90. The third kappa shape index (κ3) is 3.34. The van der Waals surface area contributed by atoms with E-state index in [4.69, 9.17) is 4.74 Å². The number of halogens is 1. The minimum Gasteiger partial charge on any atom is -0.389 e. The predicted molar refractivity (Wildman–Crippen MR) is 98.7 cm³/mol. The zero-order chi connectivity index (χ0) is 17.0. The van der Waals surface area contributed by atoms with Gasteiger partial charge >= 0.3 is 0 Å². The van der Waals surface area contributed by atoms with Crippen LogP contribution in [-0.2, 0) is 4.74 Å². The Morgan fingerprint density at radius 2 is 1.96 bits per heavy atom. The van der Waals surface area contributed by atoms with Gasteiger partial charge in [0.2, 0.25) is 0 Å². The normalized spacial score (nSPS) is 49.3. The fourth-order valence-electron chi connectivity index (χ4n) is 4.93. The predicted octanol–water partition coefficient (Wildman–Crippen LogP) is 5.01. The SMILES string of the molecule is C=C(CC1[C@@H]2CC(C)(C[C@@H]1C(=C)C)O2)[C@@H]1CC[C@](C)(O)[C@H](Br)C1. The number of hydrogen-bond donors (Lipinski definition) is 1. The van der Waals surface area contributed by atoms with Gasteiger partial charge in [-0.25, -0.2) is 0 Å². The number of hydrogen-bond acceptors (Lipinski definition) is 2. The van der Waals surface area contributed by atoms with Crippen LogP contribution >= 0.6 is 15.9 Å². The van der Waals surface area contributed by atoms with Crippen LogP contribution < -0.4 is 0 Å². The molecule has 2 unspecified atom stereocenters. The van der Waals surface area contributed by atoms with Gasteiger partial charge in [0.15, 0.2) is 0 Å². The van der Waals surface area contributed by atoms with Crippen molar-refractivity contribution in [3.05, 3.63) is 24.3 Å². The van der Waals surface area contributed by atoms with Crippen LogP contribution in [-0.4, -0.2) is 27.2 Å². The lowest BCUT2D eigenvalue weighted by Crippen LogP contribution is -2.59. The van der Waals surface area contributed by atoms with E-state index in [-0.39, 0.29) is 10.4 Å². The van der Waals surface area contributed by atoms with E-state index in [1.807, 2.05) is 6.92 Å². The average Bonchev–Trinajstić information content (AvgIpc) is 2.42. The lowest BCUT2D eigenvalue weighted by Gasteiger charge is -2.58. The molecule has 2 bridgehead atoms. The molecule has 3 heteroatoms. The fourth-order valence-corrected chi connectivity index (χ4v) is 5.61. The zero-order valence-corrected chi connectivity index (χ0v) is 16.4. The molecular formula is C20H31BrO2. The molecule has 0 amide bonds. The monoisotopic (exact) mass is 382 g/mol. The molecule has 2 heterocycles. The van der Waals surface area contributed by atoms with Gasteiger partial charge in [-0.3, -0.25) is 0 Å². The molecule has 0 aromatic heterocycles. The van der Waals surface area contributed by atoms with Crippen molar-refractivity contribution >= 4 is 15.9 Å². The second kappa shape index (κ2) is 6.00. The summed E-state index contributed by atoms with van der Waals surface area (Å²) in [6.07, 6.45) is 6.61. The van der Waals surface area contributed by atoms with Crippen LogP contribution in [0, 0.1) is 17.8 Å². The summed E-state index contributed by atoms with van der Waals surface area (Å²) in [5.74, 6) is 1.62. The Morgan fingerprint density at radius 1 is 1.30 bits per heavy atom. The third-order valence-electron chi connectivity index (χ3n) is 6.59. The first kappa shape index (κ1) is 17.7. The standard InChI is InChI=1S/C20H31BrO2/c1-12(2)16-10-19(4)11-17(23-19)15(16)8-13(3)14-6-7-20(5,22)18(21)9-14/h14-18,22H,1,3,6-11H2,2,4-5H3/t14-,15?,16-,17+,18-,19?,20+/m1/s1. The molecule has 0 aromatic rings. The van der Waals surface area contributed by atoms with Crippen LogP contribution in [0.4, 0.5) is 0 Å². The quantitative estimate of drug-likeness (QED) is 0.546. The molecule has 0 aromatic carbocycles. The molecule has 2 saturated carbocycles. The van der Waals surface area contributed by atoms with Gasteiger partial charge in [0.05, 0.1) is 17.3 Å². The van der Waals surface area contributed by atoms with E-state index in [1.54, 1.807) is 0 Å². The minimum atomic E-state index is -0.583. The molecule has 2 nitrogen and oxygen atoms in total. The maximum Gasteiger partial charge on any atom is 0.0744 e. The smallest absolute Gasteiger partial charge is 0.0744 e. The number of alkyl halides is 1. The van der Waals surface area contributed by atoms with Crippen molar-refractivity contribution in [2.24, 2.45) is 17.8 Å². The van der Waals surface area contributed by atoms with Crippen molar-refractivity contribution in [1.82, 2.24) is 0 Å². The number of allylic oxidation sites excluding steroid dienone is 2. The molecule has 7 atom stereocenters. The Labute approximate surface area is 149 Å². The average molecular weight is 383 g/mol. The summed E-state index contributed by atoms with van der Waals surface area (Å²) >= 11 is 3.68. The van der Waals surface area contributed by atoms with Crippen LogP contribution in [0.1, 0.15) is 59.3 Å². The van der Waals surface area contributed by atoms with Crippen molar-refractivity contribution in [3.63, 3.8) is 0 Å². The zero-order valence-electron chi connectivity index (χ0n) is 14.8. The highest BCUT2D eigenvalue weighted by atomic mass is 79.9. The summed E-state index contributed by atoms with van der Waals surface area (Å²) in [4.78, 5) is 0.164. The maximum absolute atomic E-state index is 10.3. The van der Waals surface area contributed by atoms with E-state index in [9.17, 15) is 5.11 Å². The van der Waals surface area contributed by atoms with Crippen LogP contribution in [0.2, 0.25) is 0 Å². The van der Waals surface area contributed by atoms with Crippen LogP contribution in [0.3, 0.4) is 0 Å². The van der Waals surface area contributed by atoms with E-state index in [0.717, 1.165) is 32.1 Å². The van der Waals surface area contributed by atoms with Gasteiger partial charge in [0.25, 0.3) is 0 Å². The van der Waals surface area contributed by atoms with Gasteiger partial charge < -0.3 is 9.84 Å². The highest BCUT2D eigenvalue weighted by Crippen LogP contribution is 2.54. The molecule has 2 aliphatic heterocycles. The lowest BCUT2D eigenvalue weighted by molar-refractivity contribution is -0.261. The van der Waals surface area contributed by atoms with Gasteiger partial charge in [-0.15, -0.1) is 0 Å². The minimum absolute atomic E-state index is 0.0939. The molecule has 4 rings (SSSR count). The number of ether oxygens (including phenoxy) is 1. The molecule has 4 fully saturated rings. The van der Waals surface area contributed by atoms with Crippen molar-refractivity contribution < 1.29 is 9.84 Å². The largest absolute Gasteiger partial charge is 0.389 e. The number of fused-ring (bicyclic) bond motifs is 2. The molecule has 23 heavy (non-hydrogen) atoms. The van der Waals surface area contributed by atoms with Gasteiger partial charge in [0.1, 0.15) is 0 Å². The first-order chi connectivity index (χ1) is 10.6. The first-order valence-electron chi connectivity index (χ1n) is 8.99. The van der Waals surface area contributed by atoms with Crippen molar-refractivity contribution in [2.75, 3.05) is 0 Å². The highest BCUT2D eigenvalue weighted by molar-refractivity contribution is 9.09. The summed E-state index contributed by atoms with van der Waals surface area (Å²) in [6.45, 7) is 15.0. The Hall–Kier alpha value is -0.120. The Kier molecular flexibility index (Phi) is 4.61. The second-order valence-electron chi connectivity index (χ2n) is 8.79. The molecule has 2 aliphatic carbocycles. The Morgan fingerprint density at radius 3 is 2.52 bits per heavy atom. The Bertz CT molecular complexity index is 504. The van der Waals surface area contributed by atoms with E-state index in [1.165, 1.54) is 17.6 Å². The van der Waals surface area contributed by atoms with Crippen molar-refractivity contribution in [1.29, 1.82) is 0 Å². The second-order valence-corrected chi connectivity index (χ2v) is 9.89. The highest BCUT2D eigenvalue weighted by Gasteiger charge is 2.54. The van der Waals surface area contributed by atoms with Gasteiger partial charge in [-0.05, 0) is 70.6 Å². The topological polar surface area (TPSA) is 29.5 Å². The van der Waals surface area contributed by atoms with Gasteiger partial charge in [-0.1, -0.05) is 40.2 Å². The van der Waals surface area contributed by atoms with Crippen LogP contribution in [0.5, 0.6) is 0 Å². The van der Waals surface area contributed by atoms with E-state index >= 15 is 0 Å². The molecular weight excluding hydrogens is 352 g/mol. The summed E-state index contributed by atoms with van der Waals surface area (Å²) in [6, 6.07) is 0. The summed E-state index contributed by atoms with van der Waals surface area (Å²) in [7, 11) is 0. The van der Waals surface area contributed by atoms with Crippen LogP contribution in [0.15, 0.2) is 24.3 Å². The molecule has 0 spiro atoms. The maximum atomic E-state index is 10.3. The van der Waals surface area contributed by atoms with E-state index in [0.29, 0.717) is 23.9 Å². The molecule has 0 radical (unpaired) electrons. The van der Waals surface area contributed by atoms with Crippen LogP contribution in [0.25, 0.3) is 0 Å². The summed E-state index contributed by atoms with van der Waals surface area (Å²) in [5, 5.41) is 10.3. The summed E-state index contributed by atoms with van der Waals surface area (Å²) in [5.41, 5.74) is 2.16. The molecule has 130 valence electrons. The fraction of sp³-hybridized carbons (Fsp3) is 0.800. The number of aliphatic hydroxyl groups is 1. The molecule has 1 N–H and O–H groups in total. The molecule has 4 aliphatic rings. The third-order valence-corrected chi connectivity index (χ3v) is 7.95. The Balaban J connectivity index is 1.64. The van der Waals surface area contributed by atoms with E-state index in [2.05, 4.69) is 42.9 Å².